The Morgan fingerprint density at radius 2 is 0.833 bits per heavy atom. The number of fused-ring (bicyclic) bond motifs is 6. The molecule has 1 nitrogen and oxygen atoms in total. The first-order valence-corrected chi connectivity index (χ1v) is 10.9. The Labute approximate surface area is 180 Å². The molecule has 0 aliphatic heterocycles. The number of hydrogen-bond donors (Lipinski definition) is 0. The Kier molecular flexibility index (Phi) is 7.45. The summed E-state index contributed by atoms with van der Waals surface area (Å²) in [6.45, 7) is 8.00. The van der Waals surface area contributed by atoms with Gasteiger partial charge in [0.2, 0.25) is 0 Å². The van der Waals surface area contributed by atoms with Crippen LogP contribution in [0.5, 0.6) is 0 Å². The molecule has 0 bridgehead atoms. The van der Waals surface area contributed by atoms with Crippen molar-refractivity contribution in [2.45, 2.75) is 34.1 Å². The number of para-hydroxylation sites is 2. The van der Waals surface area contributed by atoms with Gasteiger partial charge in [-0.25, -0.2) is 0 Å². The third-order valence-electron chi connectivity index (χ3n) is 4.99. The number of rotatable bonds is 0. The van der Waals surface area contributed by atoms with Gasteiger partial charge < -0.3 is 4.42 Å². The van der Waals surface area contributed by atoms with E-state index in [-0.39, 0.29) is 0 Å². The predicted octanol–water partition coefficient (Wildman–Crippen LogP) is 8.90. The lowest BCUT2D eigenvalue weighted by Gasteiger charge is -1.98. The Morgan fingerprint density at radius 3 is 1.30 bits per heavy atom. The van der Waals surface area contributed by atoms with E-state index in [9.17, 15) is 0 Å². The van der Waals surface area contributed by atoms with Gasteiger partial charge >= 0.3 is 0 Å². The first-order chi connectivity index (χ1) is 14.9. The van der Waals surface area contributed by atoms with Crippen LogP contribution in [0.2, 0.25) is 0 Å². The van der Waals surface area contributed by atoms with Crippen LogP contribution in [0, 0.1) is 0 Å². The molecule has 0 atom stereocenters. The first kappa shape index (κ1) is 21.4. The Hall–Kier alpha value is -3.32. The third kappa shape index (κ3) is 4.31. The van der Waals surface area contributed by atoms with Crippen LogP contribution in [0.4, 0.5) is 0 Å². The second kappa shape index (κ2) is 10.5. The lowest BCUT2D eigenvalue weighted by Crippen LogP contribution is -1.77. The molecule has 0 saturated heterocycles. The highest BCUT2D eigenvalue weighted by Gasteiger charge is 2.15. The van der Waals surface area contributed by atoms with Gasteiger partial charge in [-0.2, -0.15) is 0 Å². The van der Waals surface area contributed by atoms with Gasteiger partial charge in [-0.05, 0) is 40.8 Å². The van der Waals surface area contributed by atoms with E-state index in [2.05, 4.69) is 60.7 Å². The second-order valence-electron chi connectivity index (χ2n) is 6.59. The van der Waals surface area contributed by atoms with Gasteiger partial charge in [0.1, 0.15) is 11.2 Å². The van der Waals surface area contributed by atoms with E-state index in [1.54, 1.807) is 0 Å². The molecule has 1 aliphatic rings. The molecular weight excluding hydrogens is 364 g/mol. The maximum atomic E-state index is 5.65. The van der Waals surface area contributed by atoms with Crippen LogP contribution in [0.3, 0.4) is 0 Å². The van der Waals surface area contributed by atoms with Crippen LogP contribution in [0.1, 0.15) is 38.8 Å². The van der Waals surface area contributed by atoms with Gasteiger partial charge in [0, 0.05) is 10.8 Å². The summed E-state index contributed by atoms with van der Waals surface area (Å²) in [6, 6.07) is 33.5. The first-order valence-electron chi connectivity index (χ1n) is 10.9. The van der Waals surface area contributed by atoms with Crippen LogP contribution in [0.15, 0.2) is 101 Å². The molecule has 0 N–H and O–H groups in total. The Morgan fingerprint density at radius 1 is 0.467 bits per heavy atom. The Balaban J connectivity index is 0.000000147. The average Bonchev–Trinajstić information content (AvgIpc) is 3.40. The van der Waals surface area contributed by atoms with Crippen LogP contribution >= 0.6 is 0 Å². The number of furan rings is 1. The molecule has 0 saturated carbocycles. The minimum atomic E-state index is 0.962. The van der Waals surface area contributed by atoms with Crippen molar-refractivity contribution in [3.8, 4) is 11.1 Å². The van der Waals surface area contributed by atoms with Crippen molar-refractivity contribution in [3.05, 3.63) is 108 Å². The van der Waals surface area contributed by atoms with Crippen LogP contribution in [-0.4, -0.2) is 0 Å². The van der Waals surface area contributed by atoms with E-state index in [1.807, 2.05) is 64.1 Å². The number of hydrogen-bond acceptors (Lipinski definition) is 1. The molecule has 0 spiro atoms. The van der Waals surface area contributed by atoms with Crippen molar-refractivity contribution in [1.82, 2.24) is 0 Å². The normalized spacial score (nSPS) is 10.5. The molecule has 0 radical (unpaired) electrons. The van der Waals surface area contributed by atoms with Crippen LogP contribution in [0.25, 0.3) is 33.1 Å². The van der Waals surface area contributed by atoms with Crippen molar-refractivity contribution in [3.63, 3.8) is 0 Å². The molecule has 0 unspecified atom stereocenters. The molecule has 30 heavy (non-hydrogen) atoms. The van der Waals surface area contributed by atoms with Gasteiger partial charge in [-0.1, -0.05) is 113 Å². The van der Waals surface area contributed by atoms with Crippen LogP contribution < -0.4 is 0 Å². The minimum absolute atomic E-state index is 0.962. The van der Waals surface area contributed by atoms with E-state index >= 15 is 0 Å². The molecule has 1 aliphatic carbocycles. The van der Waals surface area contributed by atoms with E-state index in [1.165, 1.54) is 33.0 Å². The molecule has 5 aromatic rings. The fourth-order valence-electron chi connectivity index (χ4n) is 3.75. The highest BCUT2D eigenvalue weighted by Crippen LogP contribution is 2.35. The Bertz CT molecular complexity index is 1120. The molecule has 152 valence electrons. The smallest absolute Gasteiger partial charge is 0.135 e. The predicted molar refractivity (Wildman–Crippen MR) is 131 cm³/mol. The summed E-state index contributed by atoms with van der Waals surface area (Å²) >= 11 is 0. The van der Waals surface area contributed by atoms with Gasteiger partial charge in [0.15, 0.2) is 0 Å². The summed E-state index contributed by atoms with van der Waals surface area (Å²) < 4.78 is 5.65. The van der Waals surface area contributed by atoms with E-state index in [0.29, 0.717) is 0 Å². The van der Waals surface area contributed by atoms with Crippen LogP contribution in [-0.2, 0) is 6.42 Å². The molecule has 1 heteroatoms. The average molecular weight is 395 g/mol. The number of benzene rings is 4. The van der Waals surface area contributed by atoms with Gasteiger partial charge in [0.05, 0.1) is 0 Å². The largest absolute Gasteiger partial charge is 0.456 e. The molecule has 1 aromatic heterocycles. The summed E-state index contributed by atoms with van der Waals surface area (Å²) in [5.74, 6) is 0. The van der Waals surface area contributed by atoms with Crippen molar-refractivity contribution in [1.29, 1.82) is 0 Å². The monoisotopic (exact) mass is 394 g/mol. The lowest BCUT2D eigenvalue weighted by atomic mass is 10.1. The van der Waals surface area contributed by atoms with Crippen molar-refractivity contribution < 1.29 is 4.42 Å². The highest BCUT2D eigenvalue weighted by molar-refractivity contribution is 6.04. The van der Waals surface area contributed by atoms with Gasteiger partial charge in [-0.15, -0.1) is 0 Å². The fourth-order valence-corrected chi connectivity index (χ4v) is 3.75. The van der Waals surface area contributed by atoms with Crippen molar-refractivity contribution >= 4 is 21.9 Å². The molecule has 6 rings (SSSR count). The molecule has 0 amide bonds. The maximum absolute atomic E-state index is 5.65. The minimum Gasteiger partial charge on any atom is -0.456 e. The van der Waals surface area contributed by atoms with Gasteiger partial charge in [0.25, 0.3) is 0 Å². The van der Waals surface area contributed by atoms with E-state index < -0.39 is 0 Å². The summed E-state index contributed by atoms with van der Waals surface area (Å²) in [7, 11) is 0. The second-order valence-corrected chi connectivity index (χ2v) is 6.59. The zero-order valence-corrected chi connectivity index (χ0v) is 18.4. The summed E-state index contributed by atoms with van der Waals surface area (Å²) in [5, 5.41) is 2.39. The SMILES string of the molecule is CC.CC.c1ccc2c(c1)Cc1ccccc1-2.c1ccc2c(c1)oc1ccccc12. The van der Waals surface area contributed by atoms with Crippen molar-refractivity contribution in [2.75, 3.05) is 0 Å². The topological polar surface area (TPSA) is 13.1 Å². The molecule has 4 aromatic carbocycles. The molecular formula is C29H30O. The molecule has 1 heterocycles. The summed E-state index contributed by atoms with van der Waals surface area (Å²) in [4.78, 5) is 0. The summed E-state index contributed by atoms with van der Waals surface area (Å²) in [5.41, 5.74) is 7.68. The standard InChI is InChI=1S/C13H10.C12H8O.2C2H6/c1-3-7-12-10(5-1)9-11-6-2-4-8-13(11)12;1-3-7-11-9(5-1)10-6-2-4-8-12(10)13-11;2*1-2/h1-8H,9H2;1-8H;2*1-2H3. The van der Waals surface area contributed by atoms with E-state index in [0.717, 1.165) is 17.6 Å². The van der Waals surface area contributed by atoms with E-state index in [4.69, 9.17) is 4.42 Å². The zero-order valence-electron chi connectivity index (χ0n) is 18.4. The maximum Gasteiger partial charge on any atom is 0.135 e. The quantitative estimate of drug-likeness (QED) is 0.251. The third-order valence-corrected chi connectivity index (χ3v) is 4.99. The summed E-state index contributed by atoms with van der Waals surface area (Å²) in [6.07, 6.45) is 1.10. The zero-order chi connectivity index (χ0) is 21.3. The van der Waals surface area contributed by atoms with Gasteiger partial charge in [-0.3, -0.25) is 0 Å². The highest BCUT2D eigenvalue weighted by atomic mass is 16.3. The lowest BCUT2D eigenvalue weighted by molar-refractivity contribution is 0.669. The molecule has 0 fully saturated rings. The van der Waals surface area contributed by atoms with Crippen molar-refractivity contribution in [2.24, 2.45) is 0 Å². The fraction of sp³-hybridized carbons (Fsp3) is 0.172.